The van der Waals surface area contributed by atoms with Gasteiger partial charge in [-0.3, -0.25) is 14.5 Å². The molecule has 1 aliphatic rings. The van der Waals surface area contributed by atoms with E-state index >= 15 is 0 Å². The van der Waals surface area contributed by atoms with E-state index in [9.17, 15) is 9.59 Å². The summed E-state index contributed by atoms with van der Waals surface area (Å²) < 4.78 is 6.33. The molecule has 1 N–H and O–H groups in total. The summed E-state index contributed by atoms with van der Waals surface area (Å²) in [5, 5.41) is 2.95. The van der Waals surface area contributed by atoms with Crippen LogP contribution in [0.5, 0.6) is 0 Å². The predicted octanol–water partition coefficient (Wildman–Crippen LogP) is 3.56. The van der Waals surface area contributed by atoms with Crippen LogP contribution in [0.3, 0.4) is 0 Å². The van der Waals surface area contributed by atoms with Crippen molar-refractivity contribution < 1.29 is 14.3 Å². The molecule has 1 fully saturated rings. The fraction of sp³-hybridized carbons (Fsp3) is 0.364. The number of hydrogen-bond acceptors (Lipinski definition) is 4. The van der Waals surface area contributed by atoms with Crippen molar-refractivity contribution in [1.29, 1.82) is 0 Å². The number of rotatable bonds is 8. The Bertz CT molecular complexity index is 802. The summed E-state index contributed by atoms with van der Waals surface area (Å²) in [4.78, 5) is 26.8. The molecule has 1 saturated heterocycles. The number of halogens is 1. The second kappa shape index (κ2) is 10.5. The van der Waals surface area contributed by atoms with Gasteiger partial charge >= 0.3 is 0 Å². The highest BCUT2D eigenvalue weighted by molar-refractivity contribution is 9.10. The fourth-order valence-corrected chi connectivity index (χ4v) is 3.44. The summed E-state index contributed by atoms with van der Waals surface area (Å²) in [6, 6.07) is 15.4. The Morgan fingerprint density at radius 1 is 0.964 bits per heavy atom. The molecule has 1 amide bonds. The number of Topliss-reactive ketones (excluding diaryl/α,β-unsaturated/α-hetero) is 1. The Hall–Kier alpha value is -2.02. The molecule has 0 radical (unpaired) electrons. The normalized spacial score (nSPS) is 14.6. The number of ketones is 1. The lowest BCUT2D eigenvalue weighted by Gasteiger charge is -2.27. The standard InChI is InChI=1S/C22H25BrN2O3/c23-20-7-5-17(6-8-20)21(26)9-10-22(27)24-15-18-3-1-2-4-19(18)16-25-11-13-28-14-12-25/h1-8H,9-16H2,(H,24,27). The van der Waals surface area contributed by atoms with Crippen molar-refractivity contribution in [2.75, 3.05) is 26.3 Å². The van der Waals surface area contributed by atoms with Crippen molar-refractivity contribution in [1.82, 2.24) is 10.2 Å². The van der Waals surface area contributed by atoms with Gasteiger partial charge in [0.15, 0.2) is 5.78 Å². The highest BCUT2D eigenvalue weighted by Gasteiger charge is 2.13. The van der Waals surface area contributed by atoms with E-state index in [2.05, 4.69) is 32.2 Å². The maximum absolute atomic E-state index is 12.2. The quantitative estimate of drug-likeness (QED) is 0.632. The van der Waals surface area contributed by atoms with Crippen LogP contribution < -0.4 is 5.32 Å². The molecule has 148 valence electrons. The minimum absolute atomic E-state index is 0.0182. The highest BCUT2D eigenvalue weighted by Crippen LogP contribution is 2.14. The van der Waals surface area contributed by atoms with Gasteiger partial charge in [0, 0.05) is 49.1 Å². The molecule has 5 nitrogen and oxygen atoms in total. The first kappa shape index (κ1) is 20.7. The number of morpholine rings is 1. The molecule has 0 saturated carbocycles. The lowest BCUT2D eigenvalue weighted by molar-refractivity contribution is -0.121. The van der Waals surface area contributed by atoms with E-state index in [1.54, 1.807) is 12.1 Å². The van der Waals surface area contributed by atoms with Crippen molar-refractivity contribution in [2.24, 2.45) is 0 Å². The molecule has 1 aliphatic heterocycles. The van der Waals surface area contributed by atoms with Crippen molar-refractivity contribution >= 4 is 27.6 Å². The molecule has 0 atom stereocenters. The number of amides is 1. The third-order valence-electron chi connectivity index (χ3n) is 4.84. The topological polar surface area (TPSA) is 58.6 Å². The molecular formula is C22H25BrN2O3. The maximum atomic E-state index is 12.2. The minimum Gasteiger partial charge on any atom is -0.379 e. The molecule has 1 heterocycles. The average molecular weight is 445 g/mol. The van der Waals surface area contributed by atoms with Crippen molar-refractivity contribution in [3.8, 4) is 0 Å². The molecule has 28 heavy (non-hydrogen) atoms. The highest BCUT2D eigenvalue weighted by atomic mass is 79.9. The summed E-state index contributed by atoms with van der Waals surface area (Å²) in [5.41, 5.74) is 2.96. The van der Waals surface area contributed by atoms with Gasteiger partial charge in [-0.05, 0) is 23.3 Å². The zero-order valence-corrected chi connectivity index (χ0v) is 17.4. The summed E-state index contributed by atoms with van der Waals surface area (Å²) in [7, 11) is 0. The number of ether oxygens (including phenoxy) is 1. The van der Waals surface area contributed by atoms with Crippen LogP contribution in [0, 0.1) is 0 Å². The summed E-state index contributed by atoms with van der Waals surface area (Å²) >= 11 is 3.35. The smallest absolute Gasteiger partial charge is 0.220 e. The molecule has 6 heteroatoms. The van der Waals surface area contributed by atoms with Crippen LogP contribution in [-0.2, 0) is 22.6 Å². The first-order chi connectivity index (χ1) is 13.6. The second-order valence-electron chi connectivity index (χ2n) is 6.86. The van der Waals surface area contributed by atoms with Crippen LogP contribution in [0.2, 0.25) is 0 Å². The first-order valence-corrected chi connectivity index (χ1v) is 10.3. The van der Waals surface area contributed by atoms with Gasteiger partial charge in [-0.2, -0.15) is 0 Å². The molecule has 0 aromatic heterocycles. The molecule has 2 aromatic carbocycles. The van der Waals surface area contributed by atoms with Crippen molar-refractivity contribution in [3.63, 3.8) is 0 Å². The number of nitrogens with one attached hydrogen (secondary N) is 1. The monoisotopic (exact) mass is 444 g/mol. The number of hydrogen-bond donors (Lipinski definition) is 1. The number of benzene rings is 2. The maximum Gasteiger partial charge on any atom is 0.220 e. The van der Waals surface area contributed by atoms with Gasteiger partial charge in [-0.25, -0.2) is 0 Å². The molecule has 0 unspecified atom stereocenters. The van der Waals surface area contributed by atoms with Gasteiger partial charge in [0.1, 0.15) is 0 Å². The molecule has 2 aromatic rings. The van der Waals surface area contributed by atoms with E-state index in [-0.39, 0.29) is 24.5 Å². The Morgan fingerprint density at radius 2 is 1.64 bits per heavy atom. The molecule has 0 spiro atoms. The summed E-state index contributed by atoms with van der Waals surface area (Å²) in [6.45, 7) is 4.73. The van der Waals surface area contributed by atoms with Crippen molar-refractivity contribution in [3.05, 3.63) is 69.7 Å². The number of carbonyl (C=O) groups excluding carboxylic acids is 2. The summed E-state index contributed by atoms with van der Waals surface area (Å²) in [5.74, 6) is -0.123. The van der Waals surface area contributed by atoms with Crippen LogP contribution in [0.25, 0.3) is 0 Å². The van der Waals surface area contributed by atoms with E-state index in [0.717, 1.165) is 42.9 Å². The van der Waals surface area contributed by atoms with Gasteiger partial charge in [-0.1, -0.05) is 52.3 Å². The lowest BCUT2D eigenvalue weighted by Crippen LogP contribution is -2.36. The third kappa shape index (κ3) is 6.26. The Labute approximate surface area is 174 Å². The van der Waals surface area contributed by atoms with Crippen LogP contribution in [0.4, 0.5) is 0 Å². The lowest BCUT2D eigenvalue weighted by atomic mass is 10.1. The Kier molecular flexibility index (Phi) is 7.77. The van der Waals surface area contributed by atoms with Crippen LogP contribution in [0.1, 0.15) is 34.3 Å². The first-order valence-electron chi connectivity index (χ1n) is 9.54. The molecule has 0 aliphatic carbocycles. The molecular weight excluding hydrogens is 420 g/mol. The van der Waals surface area contributed by atoms with Gasteiger partial charge < -0.3 is 10.1 Å². The third-order valence-corrected chi connectivity index (χ3v) is 5.37. The SMILES string of the molecule is O=C(CCC(=O)c1ccc(Br)cc1)NCc1ccccc1CN1CCOCC1. The minimum atomic E-state index is -0.105. The Morgan fingerprint density at radius 3 is 2.36 bits per heavy atom. The second-order valence-corrected chi connectivity index (χ2v) is 7.78. The van der Waals surface area contributed by atoms with Gasteiger partial charge in [-0.15, -0.1) is 0 Å². The van der Waals surface area contributed by atoms with E-state index < -0.39 is 0 Å². The van der Waals surface area contributed by atoms with Crippen LogP contribution in [-0.4, -0.2) is 42.9 Å². The molecule has 0 bridgehead atoms. The average Bonchev–Trinajstić information content (AvgIpc) is 2.72. The predicted molar refractivity (Wildman–Crippen MR) is 112 cm³/mol. The van der Waals surface area contributed by atoms with Gasteiger partial charge in [0.2, 0.25) is 5.91 Å². The van der Waals surface area contributed by atoms with Gasteiger partial charge in [0.05, 0.1) is 13.2 Å². The van der Waals surface area contributed by atoms with E-state index in [1.807, 2.05) is 30.3 Å². The fourth-order valence-electron chi connectivity index (χ4n) is 3.17. The number of carbonyl (C=O) groups is 2. The van der Waals surface area contributed by atoms with E-state index in [1.165, 1.54) is 5.56 Å². The number of nitrogens with zero attached hydrogens (tertiary/aromatic N) is 1. The zero-order valence-electron chi connectivity index (χ0n) is 15.8. The van der Waals surface area contributed by atoms with E-state index in [0.29, 0.717) is 12.1 Å². The van der Waals surface area contributed by atoms with Crippen LogP contribution >= 0.6 is 15.9 Å². The largest absolute Gasteiger partial charge is 0.379 e. The van der Waals surface area contributed by atoms with Gasteiger partial charge in [0.25, 0.3) is 0 Å². The van der Waals surface area contributed by atoms with E-state index in [4.69, 9.17) is 4.74 Å². The van der Waals surface area contributed by atoms with Crippen LogP contribution in [0.15, 0.2) is 53.0 Å². The zero-order chi connectivity index (χ0) is 19.8. The summed E-state index contributed by atoms with van der Waals surface area (Å²) in [6.07, 6.45) is 0.406. The molecule has 3 rings (SSSR count). The Balaban J connectivity index is 1.47. The van der Waals surface area contributed by atoms with Crippen molar-refractivity contribution in [2.45, 2.75) is 25.9 Å².